The van der Waals surface area contributed by atoms with Crippen LogP contribution in [0.3, 0.4) is 0 Å². The second-order valence-corrected chi connectivity index (χ2v) is 8.15. The van der Waals surface area contributed by atoms with Crippen LogP contribution >= 0.6 is 11.6 Å². The number of nitrogens with two attached hydrogens (primary N) is 1. The van der Waals surface area contributed by atoms with Crippen molar-refractivity contribution in [2.24, 2.45) is 17.1 Å². The molecule has 0 aromatic heterocycles. The van der Waals surface area contributed by atoms with Gasteiger partial charge in [0.2, 0.25) is 5.91 Å². The highest BCUT2D eigenvalue weighted by molar-refractivity contribution is 6.18. The molecule has 1 aliphatic rings. The van der Waals surface area contributed by atoms with Crippen LogP contribution in [0.15, 0.2) is 30.3 Å². The fraction of sp³-hybridized carbons (Fsp3) is 0.650. The fourth-order valence-electron chi connectivity index (χ4n) is 3.66. The average Bonchev–Trinajstić information content (AvgIpc) is 2.59. The van der Waals surface area contributed by atoms with E-state index in [2.05, 4.69) is 54.0 Å². The van der Waals surface area contributed by atoms with Crippen LogP contribution in [0.1, 0.15) is 32.3 Å². The molecule has 1 fully saturated rings. The molecule has 1 unspecified atom stereocenters. The van der Waals surface area contributed by atoms with Crippen molar-refractivity contribution in [2.75, 3.05) is 38.6 Å². The van der Waals surface area contributed by atoms with Crippen LogP contribution < -0.4 is 5.73 Å². The number of carbonyl (C=O) groups is 1. The van der Waals surface area contributed by atoms with Gasteiger partial charge in [-0.15, -0.1) is 11.6 Å². The molecule has 2 N–H and O–H groups in total. The zero-order valence-corrected chi connectivity index (χ0v) is 16.3. The lowest BCUT2D eigenvalue weighted by molar-refractivity contribution is -0.125. The van der Waals surface area contributed by atoms with Crippen molar-refractivity contribution in [3.63, 3.8) is 0 Å². The number of benzene rings is 1. The van der Waals surface area contributed by atoms with E-state index in [-0.39, 0.29) is 17.2 Å². The Morgan fingerprint density at radius 1 is 1.16 bits per heavy atom. The number of primary amides is 1. The van der Waals surface area contributed by atoms with E-state index in [9.17, 15) is 4.79 Å². The fourth-order valence-corrected chi connectivity index (χ4v) is 3.88. The number of nitrogens with zero attached hydrogens (tertiary/aromatic N) is 2. The molecule has 5 heteroatoms. The lowest BCUT2D eigenvalue weighted by Crippen LogP contribution is -2.47. The van der Waals surface area contributed by atoms with Gasteiger partial charge in [-0.1, -0.05) is 44.2 Å². The molecule has 0 bridgehead atoms. The van der Waals surface area contributed by atoms with Gasteiger partial charge in [0.25, 0.3) is 0 Å². The summed E-state index contributed by atoms with van der Waals surface area (Å²) in [7, 11) is 0. The molecule has 0 radical (unpaired) electrons. The minimum Gasteiger partial charge on any atom is -0.369 e. The van der Waals surface area contributed by atoms with Gasteiger partial charge in [0.1, 0.15) is 0 Å². The highest BCUT2D eigenvalue weighted by Gasteiger charge is 2.33. The van der Waals surface area contributed by atoms with E-state index in [1.54, 1.807) is 0 Å². The van der Waals surface area contributed by atoms with Crippen LogP contribution in [0.5, 0.6) is 0 Å². The summed E-state index contributed by atoms with van der Waals surface area (Å²) in [6, 6.07) is 10.6. The number of alkyl halides is 1. The molecule has 1 aliphatic heterocycles. The highest BCUT2D eigenvalue weighted by Crippen LogP contribution is 2.33. The van der Waals surface area contributed by atoms with Crippen LogP contribution in [0.2, 0.25) is 0 Å². The first kappa shape index (κ1) is 20.2. The van der Waals surface area contributed by atoms with E-state index in [1.165, 1.54) is 5.56 Å². The lowest BCUT2D eigenvalue weighted by Gasteiger charge is -2.38. The number of halogens is 1. The molecule has 0 aliphatic carbocycles. The third-order valence-electron chi connectivity index (χ3n) is 5.47. The van der Waals surface area contributed by atoms with Crippen LogP contribution in [-0.2, 0) is 11.3 Å². The molecule has 1 heterocycles. The molecular formula is C20H32ClN3O. The predicted octanol–water partition coefficient (Wildman–Crippen LogP) is 2.95. The highest BCUT2D eigenvalue weighted by atomic mass is 35.5. The van der Waals surface area contributed by atoms with Gasteiger partial charge in [0, 0.05) is 44.5 Å². The van der Waals surface area contributed by atoms with Crippen LogP contribution in [-0.4, -0.2) is 54.3 Å². The molecule has 25 heavy (non-hydrogen) atoms. The number of carbonyl (C=O) groups excluding carboxylic acids is 1. The Labute approximate surface area is 157 Å². The first-order valence-electron chi connectivity index (χ1n) is 9.26. The summed E-state index contributed by atoms with van der Waals surface area (Å²) >= 11 is 5.85. The Kier molecular flexibility index (Phi) is 7.73. The van der Waals surface area contributed by atoms with Gasteiger partial charge in [-0.3, -0.25) is 9.69 Å². The van der Waals surface area contributed by atoms with Crippen LogP contribution in [0, 0.1) is 11.3 Å². The van der Waals surface area contributed by atoms with Crippen molar-refractivity contribution >= 4 is 17.5 Å². The zero-order valence-electron chi connectivity index (χ0n) is 15.6. The van der Waals surface area contributed by atoms with Gasteiger partial charge >= 0.3 is 0 Å². The molecule has 1 aromatic carbocycles. The van der Waals surface area contributed by atoms with Crippen molar-refractivity contribution in [3.8, 4) is 0 Å². The van der Waals surface area contributed by atoms with E-state index in [1.807, 2.05) is 0 Å². The van der Waals surface area contributed by atoms with E-state index in [0.717, 1.165) is 45.7 Å². The van der Waals surface area contributed by atoms with Crippen molar-refractivity contribution in [2.45, 2.75) is 33.2 Å². The molecule has 1 saturated heterocycles. The minimum absolute atomic E-state index is 0.109. The monoisotopic (exact) mass is 365 g/mol. The predicted molar refractivity (Wildman–Crippen MR) is 105 cm³/mol. The molecule has 2 rings (SSSR count). The standard InChI is InChI=1S/C20H32ClN3O/c1-20(2,18(8-10-21)19(22)25)9-11-23-12-14-24(15-13-23)16-17-6-4-3-5-7-17/h3-7,18H,8-16H2,1-2H3,(H2,22,25). The third-order valence-corrected chi connectivity index (χ3v) is 5.69. The largest absolute Gasteiger partial charge is 0.369 e. The smallest absolute Gasteiger partial charge is 0.221 e. The third kappa shape index (κ3) is 6.28. The van der Waals surface area contributed by atoms with Crippen molar-refractivity contribution < 1.29 is 4.79 Å². The van der Waals surface area contributed by atoms with Gasteiger partial charge in [-0.25, -0.2) is 0 Å². The summed E-state index contributed by atoms with van der Waals surface area (Å²) in [5.41, 5.74) is 6.86. The minimum atomic E-state index is -0.224. The number of piperazine rings is 1. The number of hydrogen-bond acceptors (Lipinski definition) is 3. The summed E-state index contributed by atoms with van der Waals surface area (Å²) < 4.78 is 0. The molecule has 1 amide bonds. The average molecular weight is 366 g/mol. The maximum atomic E-state index is 11.7. The van der Waals surface area contributed by atoms with Crippen molar-refractivity contribution in [1.82, 2.24) is 9.80 Å². The van der Waals surface area contributed by atoms with Gasteiger partial charge < -0.3 is 10.6 Å². The Morgan fingerprint density at radius 2 is 1.76 bits per heavy atom. The molecule has 1 aromatic rings. The number of amides is 1. The summed E-state index contributed by atoms with van der Waals surface area (Å²) in [4.78, 5) is 16.8. The lowest BCUT2D eigenvalue weighted by atomic mass is 9.74. The normalized spacial score (nSPS) is 18.2. The molecule has 4 nitrogen and oxygen atoms in total. The van der Waals surface area contributed by atoms with Crippen molar-refractivity contribution in [3.05, 3.63) is 35.9 Å². The zero-order chi connectivity index (χ0) is 18.3. The second kappa shape index (κ2) is 9.56. The number of hydrogen-bond donors (Lipinski definition) is 1. The Morgan fingerprint density at radius 3 is 2.32 bits per heavy atom. The van der Waals surface area contributed by atoms with Gasteiger partial charge in [0.15, 0.2) is 0 Å². The second-order valence-electron chi connectivity index (χ2n) is 7.77. The van der Waals surface area contributed by atoms with Gasteiger partial charge in [-0.2, -0.15) is 0 Å². The van der Waals surface area contributed by atoms with Crippen LogP contribution in [0.25, 0.3) is 0 Å². The topological polar surface area (TPSA) is 49.6 Å². The van der Waals surface area contributed by atoms with Crippen molar-refractivity contribution in [1.29, 1.82) is 0 Å². The van der Waals surface area contributed by atoms with Crippen LogP contribution in [0.4, 0.5) is 0 Å². The summed E-state index contributed by atoms with van der Waals surface area (Å²) in [5, 5.41) is 0. The Hall–Kier alpha value is -1.10. The first-order valence-corrected chi connectivity index (χ1v) is 9.80. The summed E-state index contributed by atoms with van der Waals surface area (Å²) in [6.45, 7) is 10.7. The van der Waals surface area contributed by atoms with E-state index in [0.29, 0.717) is 12.3 Å². The number of rotatable bonds is 9. The Balaban J connectivity index is 1.76. The quantitative estimate of drug-likeness (QED) is 0.684. The molecule has 0 spiro atoms. The molecule has 0 saturated carbocycles. The van der Waals surface area contributed by atoms with E-state index < -0.39 is 0 Å². The maximum Gasteiger partial charge on any atom is 0.221 e. The SMILES string of the molecule is CC(C)(CCN1CCN(Cc2ccccc2)CC1)C(CCCl)C(N)=O. The van der Waals surface area contributed by atoms with E-state index >= 15 is 0 Å². The van der Waals surface area contributed by atoms with Gasteiger partial charge in [0.05, 0.1) is 0 Å². The molecule has 1 atom stereocenters. The summed E-state index contributed by atoms with van der Waals surface area (Å²) in [5.74, 6) is 0.109. The molecular weight excluding hydrogens is 334 g/mol. The summed E-state index contributed by atoms with van der Waals surface area (Å²) in [6.07, 6.45) is 1.63. The first-order chi connectivity index (χ1) is 11.9. The molecule has 140 valence electrons. The van der Waals surface area contributed by atoms with Gasteiger partial charge in [-0.05, 0) is 30.4 Å². The van der Waals surface area contributed by atoms with E-state index in [4.69, 9.17) is 17.3 Å². The Bertz CT molecular complexity index is 527. The maximum absolute atomic E-state index is 11.7.